The van der Waals surface area contributed by atoms with Crippen molar-refractivity contribution in [1.29, 1.82) is 0 Å². The molecule has 0 saturated carbocycles. The van der Waals surface area contributed by atoms with Crippen LogP contribution < -0.4 is 10.5 Å². The van der Waals surface area contributed by atoms with Crippen LogP contribution >= 0.6 is 11.6 Å². The van der Waals surface area contributed by atoms with E-state index in [1.165, 1.54) is 6.20 Å². The number of carbonyl (C=O) groups excluding carboxylic acids is 1. The Kier molecular flexibility index (Phi) is 6.79. The summed E-state index contributed by atoms with van der Waals surface area (Å²) in [6, 6.07) is 7.70. The highest BCUT2D eigenvalue weighted by Gasteiger charge is 2.13. The van der Waals surface area contributed by atoms with Gasteiger partial charge in [0.05, 0.1) is 29.9 Å². The molecule has 0 radical (unpaired) electrons. The number of carbonyl (C=O) groups is 1. The average molecular weight is 419 g/mol. The van der Waals surface area contributed by atoms with Crippen molar-refractivity contribution in [2.75, 3.05) is 6.61 Å². The SMILES string of the molecule is CCOC(=O)CC(N)Cc1cnn(-c2ccc(Oc3ncc(Cl)cc3F)cc2)c1. The van der Waals surface area contributed by atoms with Crippen molar-refractivity contribution in [2.24, 2.45) is 5.73 Å². The molecule has 0 fully saturated rings. The molecule has 0 bridgehead atoms. The van der Waals surface area contributed by atoms with E-state index in [-0.39, 0.29) is 29.3 Å². The van der Waals surface area contributed by atoms with Crippen LogP contribution in [0.25, 0.3) is 5.69 Å². The minimum absolute atomic E-state index is 0.153. The van der Waals surface area contributed by atoms with Gasteiger partial charge in [0.1, 0.15) is 5.75 Å². The molecule has 0 spiro atoms. The van der Waals surface area contributed by atoms with Crippen molar-refractivity contribution in [3.63, 3.8) is 0 Å². The third-order valence-electron chi connectivity index (χ3n) is 3.96. The van der Waals surface area contributed by atoms with Crippen LogP contribution in [0.4, 0.5) is 4.39 Å². The molecule has 1 aromatic carbocycles. The van der Waals surface area contributed by atoms with Gasteiger partial charge >= 0.3 is 5.97 Å². The summed E-state index contributed by atoms with van der Waals surface area (Å²) in [7, 11) is 0. The zero-order chi connectivity index (χ0) is 20.8. The van der Waals surface area contributed by atoms with Crippen LogP contribution in [0.5, 0.6) is 11.6 Å². The monoisotopic (exact) mass is 418 g/mol. The van der Waals surface area contributed by atoms with E-state index < -0.39 is 5.82 Å². The number of nitrogens with zero attached hydrogens (tertiary/aromatic N) is 3. The van der Waals surface area contributed by atoms with Crippen LogP contribution in [0.1, 0.15) is 18.9 Å². The summed E-state index contributed by atoms with van der Waals surface area (Å²) in [4.78, 5) is 15.3. The molecule has 0 aliphatic carbocycles. The number of rotatable bonds is 8. The Morgan fingerprint density at radius 3 is 2.76 bits per heavy atom. The quantitative estimate of drug-likeness (QED) is 0.561. The van der Waals surface area contributed by atoms with Gasteiger partial charge in [-0.05, 0) is 49.2 Å². The number of nitrogens with two attached hydrogens (primary N) is 1. The average Bonchev–Trinajstić information content (AvgIpc) is 3.13. The first-order valence-electron chi connectivity index (χ1n) is 8.98. The summed E-state index contributed by atoms with van der Waals surface area (Å²) in [5, 5.41) is 4.51. The van der Waals surface area contributed by atoms with E-state index in [0.29, 0.717) is 18.8 Å². The van der Waals surface area contributed by atoms with Crippen LogP contribution in [0.3, 0.4) is 0 Å². The van der Waals surface area contributed by atoms with Crippen LogP contribution in [0.15, 0.2) is 48.9 Å². The highest BCUT2D eigenvalue weighted by molar-refractivity contribution is 6.30. The van der Waals surface area contributed by atoms with Gasteiger partial charge in [-0.15, -0.1) is 0 Å². The van der Waals surface area contributed by atoms with Crippen molar-refractivity contribution in [2.45, 2.75) is 25.8 Å². The predicted octanol–water partition coefficient (Wildman–Crippen LogP) is 3.68. The molecule has 1 unspecified atom stereocenters. The Hall–Kier alpha value is -2.97. The van der Waals surface area contributed by atoms with E-state index in [2.05, 4.69) is 10.1 Å². The van der Waals surface area contributed by atoms with Gasteiger partial charge in [-0.1, -0.05) is 11.6 Å². The van der Waals surface area contributed by atoms with E-state index in [4.69, 9.17) is 26.8 Å². The molecule has 0 saturated heterocycles. The lowest BCUT2D eigenvalue weighted by atomic mass is 10.1. The van der Waals surface area contributed by atoms with Gasteiger partial charge in [-0.25, -0.2) is 14.1 Å². The third kappa shape index (κ3) is 5.75. The molecule has 29 heavy (non-hydrogen) atoms. The molecule has 9 heteroatoms. The first kappa shape index (κ1) is 20.8. The summed E-state index contributed by atoms with van der Waals surface area (Å²) >= 11 is 5.68. The molecule has 2 N–H and O–H groups in total. The minimum Gasteiger partial charge on any atom is -0.466 e. The lowest BCUT2D eigenvalue weighted by Crippen LogP contribution is -2.27. The molecular weight excluding hydrogens is 399 g/mol. The van der Waals surface area contributed by atoms with Crippen LogP contribution in [-0.2, 0) is 16.0 Å². The van der Waals surface area contributed by atoms with Crippen molar-refractivity contribution < 1.29 is 18.7 Å². The van der Waals surface area contributed by atoms with Crippen LogP contribution in [-0.4, -0.2) is 33.4 Å². The molecule has 0 aliphatic rings. The zero-order valence-corrected chi connectivity index (χ0v) is 16.5. The van der Waals surface area contributed by atoms with Gasteiger partial charge in [0, 0.05) is 18.4 Å². The van der Waals surface area contributed by atoms with Crippen LogP contribution in [0.2, 0.25) is 5.02 Å². The Morgan fingerprint density at radius 2 is 2.07 bits per heavy atom. The summed E-state index contributed by atoms with van der Waals surface area (Å²) < 4.78 is 25.8. The fourth-order valence-corrected chi connectivity index (χ4v) is 2.82. The summed E-state index contributed by atoms with van der Waals surface area (Å²) in [6.07, 6.45) is 5.50. The van der Waals surface area contributed by atoms with Crippen molar-refractivity contribution in [1.82, 2.24) is 14.8 Å². The first-order chi connectivity index (χ1) is 13.9. The van der Waals surface area contributed by atoms with Gasteiger partial charge in [0.2, 0.25) is 0 Å². The zero-order valence-electron chi connectivity index (χ0n) is 15.7. The van der Waals surface area contributed by atoms with Gasteiger partial charge in [-0.2, -0.15) is 5.10 Å². The molecule has 1 atom stereocenters. The van der Waals surface area contributed by atoms with Gasteiger partial charge in [0.25, 0.3) is 5.88 Å². The van der Waals surface area contributed by atoms with Crippen molar-refractivity contribution >= 4 is 17.6 Å². The van der Waals surface area contributed by atoms with E-state index in [1.54, 1.807) is 42.1 Å². The number of aromatic nitrogens is 3. The Morgan fingerprint density at radius 1 is 1.31 bits per heavy atom. The second-order valence-corrected chi connectivity index (χ2v) is 6.74. The van der Waals surface area contributed by atoms with Gasteiger partial charge in [-0.3, -0.25) is 4.79 Å². The molecule has 3 aromatic rings. The second kappa shape index (κ2) is 9.49. The van der Waals surface area contributed by atoms with Crippen molar-refractivity contribution in [3.05, 3.63) is 65.3 Å². The third-order valence-corrected chi connectivity index (χ3v) is 4.16. The summed E-state index contributed by atoms with van der Waals surface area (Å²) in [6.45, 7) is 2.09. The molecule has 0 aliphatic heterocycles. The fraction of sp³-hybridized carbons (Fsp3) is 0.250. The minimum atomic E-state index is -0.641. The van der Waals surface area contributed by atoms with Gasteiger partial charge in [0.15, 0.2) is 5.82 Å². The second-order valence-electron chi connectivity index (χ2n) is 6.30. The smallest absolute Gasteiger partial charge is 0.307 e. The number of benzene rings is 1. The molecule has 0 amide bonds. The fourth-order valence-electron chi connectivity index (χ4n) is 2.67. The molecule has 7 nitrogen and oxygen atoms in total. The molecule has 3 rings (SSSR count). The molecule has 2 heterocycles. The van der Waals surface area contributed by atoms with Crippen LogP contribution in [0, 0.1) is 5.82 Å². The molecule has 2 aromatic heterocycles. The summed E-state index contributed by atoms with van der Waals surface area (Å²) in [5.41, 5.74) is 7.68. The number of hydrogen-bond acceptors (Lipinski definition) is 6. The van der Waals surface area contributed by atoms with E-state index in [9.17, 15) is 9.18 Å². The number of ether oxygens (including phenoxy) is 2. The number of pyridine rings is 1. The topological polar surface area (TPSA) is 92.3 Å². The largest absolute Gasteiger partial charge is 0.466 e. The highest BCUT2D eigenvalue weighted by atomic mass is 35.5. The maximum atomic E-state index is 13.8. The maximum absolute atomic E-state index is 13.8. The Balaban J connectivity index is 1.62. The van der Waals surface area contributed by atoms with E-state index in [0.717, 1.165) is 17.3 Å². The predicted molar refractivity (Wildman–Crippen MR) is 106 cm³/mol. The molecular formula is C20H20ClFN4O3. The Labute approximate surface area is 172 Å². The Bertz CT molecular complexity index is 978. The summed E-state index contributed by atoms with van der Waals surface area (Å²) in [5.74, 6) is -0.683. The van der Waals surface area contributed by atoms with E-state index >= 15 is 0 Å². The van der Waals surface area contributed by atoms with E-state index in [1.807, 2.05) is 6.20 Å². The van der Waals surface area contributed by atoms with Gasteiger partial charge < -0.3 is 15.2 Å². The molecule has 152 valence electrons. The van der Waals surface area contributed by atoms with Crippen molar-refractivity contribution in [3.8, 4) is 17.3 Å². The first-order valence-corrected chi connectivity index (χ1v) is 9.36. The highest BCUT2D eigenvalue weighted by Crippen LogP contribution is 2.25. The lowest BCUT2D eigenvalue weighted by Gasteiger charge is -2.09. The maximum Gasteiger partial charge on any atom is 0.307 e. The number of hydrogen-bond donors (Lipinski definition) is 1. The number of halogens is 2. The number of esters is 1. The normalized spacial score (nSPS) is 11.9. The standard InChI is InChI=1S/C20H20ClFN4O3/c1-2-28-19(27)9-15(23)7-13-10-25-26(12-13)16-3-5-17(6-4-16)29-20-18(22)8-14(21)11-24-20/h3-6,8,10-12,15H,2,7,9,23H2,1H3. The lowest BCUT2D eigenvalue weighted by molar-refractivity contribution is -0.143.